The molecule has 1 amide bonds. The second-order valence-corrected chi connectivity index (χ2v) is 6.57. The molecule has 0 aliphatic heterocycles. The summed E-state index contributed by atoms with van der Waals surface area (Å²) in [7, 11) is -4.97. The summed E-state index contributed by atoms with van der Waals surface area (Å²) >= 11 is 0. The van der Waals surface area contributed by atoms with E-state index in [0.29, 0.717) is 12.1 Å². The van der Waals surface area contributed by atoms with Crippen LogP contribution in [-0.2, 0) is 10.1 Å². The smallest absolute Gasteiger partial charge is 0.335 e. The van der Waals surface area contributed by atoms with Crippen LogP contribution in [0.15, 0.2) is 35.2 Å². The Labute approximate surface area is 150 Å². The van der Waals surface area contributed by atoms with Crippen LogP contribution in [0.5, 0.6) is 11.5 Å². The van der Waals surface area contributed by atoms with Gasteiger partial charge in [-0.15, -0.1) is 0 Å². The minimum atomic E-state index is -4.97. The number of nitrogens with one attached hydrogen (secondary N) is 1. The van der Waals surface area contributed by atoms with Crippen LogP contribution in [0.4, 0.5) is 5.69 Å². The van der Waals surface area contributed by atoms with Crippen LogP contribution in [0.3, 0.4) is 0 Å². The maximum Gasteiger partial charge on any atom is 0.335 e. The first-order valence-electron chi connectivity index (χ1n) is 6.86. The molecule has 0 fully saturated rings. The van der Waals surface area contributed by atoms with Gasteiger partial charge in [0.1, 0.15) is 16.4 Å². The number of amides is 1. The SMILES string of the molecule is O=C(O)c1cc(NC(=O)c2cc(O)cc(S(=O)(=O)O)c2O)cc(C(=O)O)c1. The van der Waals surface area contributed by atoms with Crippen LogP contribution in [0.1, 0.15) is 31.1 Å². The minimum Gasteiger partial charge on any atom is -0.508 e. The highest BCUT2D eigenvalue weighted by Gasteiger charge is 2.24. The lowest BCUT2D eigenvalue weighted by Crippen LogP contribution is -2.15. The Morgan fingerprint density at radius 1 is 0.852 bits per heavy atom. The predicted octanol–water partition coefficient (Wildman–Crippen LogP) is 0.993. The number of carbonyl (C=O) groups excluding carboxylic acids is 1. The number of benzene rings is 2. The molecule has 2 aromatic rings. The highest BCUT2D eigenvalue weighted by atomic mass is 32.2. The molecule has 12 heteroatoms. The summed E-state index contributed by atoms with van der Waals surface area (Å²) < 4.78 is 31.4. The fraction of sp³-hybridized carbons (Fsp3) is 0. The first kappa shape index (κ1) is 19.7. The molecule has 2 rings (SSSR count). The second-order valence-electron chi connectivity index (χ2n) is 5.18. The van der Waals surface area contributed by atoms with E-state index in [2.05, 4.69) is 5.32 Å². The van der Waals surface area contributed by atoms with Crippen LogP contribution in [-0.4, -0.2) is 51.2 Å². The van der Waals surface area contributed by atoms with E-state index in [0.717, 1.165) is 18.2 Å². The van der Waals surface area contributed by atoms with Gasteiger partial charge in [-0.1, -0.05) is 0 Å². The van der Waals surface area contributed by atoms with Crippen molar-refractivity contribution in [2.24, 2.45) is 0 Å². The van der Waals surface area contributed by atoms with Crippen molar-refractivity contribution in [3.8, 4) is 11.5 Å². The van der Waals surface area contributed by atoms with E-state index in [1.54, 1.807) is 0 Å². The molecule has 2 aromatic carbocycles. The number of aromatic carboxylic acids is 2. The Kier molecular flexibility index (Phi) is 5.05. The number of phenolic OH excluding ortho intramolecular Hbond substituents is 2. The molecule has 0 unspecified atom stereocenters. The molecular formula is C15H11NO10S. The fourth-order valence-electron chi connectivity index (χ4n) is 2.11. The molecule has 0 atom stereocenters. The van der Waals surface area contributed by atoms with Gasteiger partial charge in [0.25, 0.3) is 16.0 Å². The zero-order chi connectivity index (χ0) is 20.5. The molecule has 0 saturated heterocycles. The molecule has 0 bridgehead atoms. The van der Waals surface area contributed by atoms with Crippen molar-refractivity contribution >= 4 is 33.7 Å². The van der Waals surface area contributed by atoms with E-state index in [9.17, 15) is 33.0 Å². The lowest BCUT2D eigenvalue weighted by atomic mass is 10.1. The van der Waals surface area contributed by atoms with Gasteiger partial charge in [-0.3, -0.25) is 9.35 Å². The standard InChI is InChI=1S/C15H11NO10S/c17-9-4-10(12(18)11(5-9)27(24,25)26)13(19)16-8-2-6(14(20)21)1-7(3-8)15(22)23/h1-5,17-18H,(H,16,19)(H,20,21)(H,22,23)(H,24,25,26). The first-order valence-corrected chi connectivity index (χ1v) is 8.30. The van der Waals surface area contributed by atoms with E-state index in [1.165, 1.54) is 0 Å². The van der Waals surface area contributed by atoms with E-state index in [4.69, 9.17) is 14.8 Å². The first-order chi connectivity index (χ1) is 12.4. The van der Waals surface area contributed by atoms with Crippen molar-refractivity contribution < 1.29 is 47.8 Å². The maximum absolute atomic E-state index is 12.3. The van der Waals surface area contributed by atoms with Crippen LogP contribution in [0.25, 0.3) is 0 Å². The molecule has 0 saturated carbocycles. The molecule has 0 heterocycles. The van der Waals surface area contributed by atoms with E-state index in [-0.39, 0.29) is 5.69 Å². The number of hydrogen-bond donors (Lipinski definition) is 6. The van der Waals surface area contributed by atoms with Crippen LogP contribution in [0, 0.1) is 0 Å². The molecule has 0 spiro atoms. The number of rotatable bonds is 5. The summed E-state index contributed by atoms with van der Waals surface area (Å²) in [6.45, 7) is 0. The summed E-state index contributed by atoms with van der Waals surface area (Å²) in [6, 6.07) is 3.91. The Balaban J connectivity index is 2.51. The molecule has 6 N–H and O–H groups in total. The summed E-state index contributed by atoms with van der Waals surface area (Å²) in [4.78, 5) is 33.3. The highest BCUT2D eigenvalue weighted by molar-refractivity contribution is 7.86. The zero-order valence-electron chi connectivity index (χ0n) is 13.1. The third-order valence-corrected chi connectivity index (χ3v) is 4.13. The van der Waals surface area contributed by atoms with Crippen LogP contribution < -0.4 is 5.32 Å². The van der Waals surface area contributed by atoms with Crippen molar-refractivity contribution in [1.29, 1.82) is 0 Å². The molecule has 11 nitrogen and oxygen atoms in total. The second kappa shape index (κ2) is 6.93. The lowest BCUT2D eigenvalue weighted by Gasteiger charge is -2.11. The largest absolute Gasteiger partial charge is 0.508 e. The molecule has 0 aliphatic rings. The number of carbonyl (C=O) groups is 3. The Hall–Kier alpha value is -3.64. The number of anilines is 1. The number of carboxylic acid groups (broad SMARTS) is 2. The van der Waals surface area contributed by atoms with Gasteiger partial charge in [-0.2, -0.15) is 8.42 Å². The van der Waals surface area contributed by atoms with Gasteiger partial charge >= 0.3 is 11.9 Å². The van der Waals surface area contributed by atoms with Gasteiger partial charge in [-0.25, -0.2) is 9.59 Å². The Morgan fingerprint density at radius 3 is 1.81 bits per heavy atom. The molecule has 0 aliphatic carbocycles. The third kappa shape index (κ3) is 4.31. The van der Waals surface area contributed by atoms with Crippen molar-refractivity contribution in [3.05, 3.63) is 47.0 Å². The number of phenols is 2. The van der Waals surface area contributed by atoms with Gasteiger partial charge in [0.15, 0.2) is 0 Å². The number of aromatic hydroxyl groups is 2. The monoisotopic (exact) mass is 397 g/mol. The molecule has 27 heavy (non-hydrogen) atoms. The quantitative estimate of drug-likeness (QED) is 0.312. The fourth-order valence-corrected chi connectivity index (χ4v) is 2.73. The zero-order valence-corrected chi connectivity index (χ0v) is 13.9. The van der Waals surface area contributed by atoms with Crippen molar-refractivity contribution in [2.75, 3.05) is 5.32 Å². The Bertz CT molecular complexity index is 1040. The van der Waals surface area contributed by atoms with Gasteiger partial charge in [-0.05, 0) is 24.3 Å². The average molecular weight is 397 g/mol. The van der Waals surface area contributed by atoms with Crippen molar-refractivity contribution in [2.45, 2.75) is 4.90 Å². The lowest BCUT2D eigenvalue weighted by molar-refractivity contribution is 0.0696. The average Bonchev–Trinajstić information content (AvgIpc) is 2.55. The highest BCUT2D eigenvalue weighted by Crippen LogP contribution is 2.32. The summed E-state index contributed by atoms with van der Waals surface area (Å²) in [5.74, 6) is -6.08. The molecule has 142 valence electrons. The van der Waals surface area contributed by atoms with Crippen LogP contribution >= 0.6 is 0 Å². The van der Waals surface area contributed by atoms with Gasteiger partial charge in [0, 0.05) is 11.8 Å². The summed E-state index contributed by atoms with van der Waals surface area (Å²) in [5, 5.41) is 39.5. The van der Waals surface area contributed by atoms with Crippen LogP contribution in [0.2, 0.25) is 0 Å². The van der Waals surface area contributed by atoms with Gasteiger partial charge in [0.2, 0.25) is 0 Å². The number of carboxylic acids is 2. The normalized spacial score (nSPS) is 11.0. The van der Waals surface area contributed by atoms with Crippen molar-refractivity contribution in [3.63, 3.8) is 0 Å². The third-order valence-electron chi connectivity index (χ3n) is 3.27. The van der Waals surface area contributed by atoms with Crippen molar-refractivity contribution in [1.82, 2.24) is 0 Å². The van der Waals surface area contributed by atoms with Gasteiger partial charge < -0.3 is 25.7 Å². The number of hydrogen-bond acceptors (Lipinski definition) is 7. The van der Waals surface area contributed by atoms with E-state index < -0.39 is 61.0 Å². The topological polar surface area (TPSA) is 199 Å². The van der Waals surface area contributed by atoms with E-state index in [1.807, 2.05) is 0 Å². The maximum atomic E-state index is 12.3. The molecule has 0 radical (unpaired) electrons. The minimum absolute atomic E-state index is 0.284. The Morgan fingerprint density at radius 2 is 1.37 bits per heavy atom. The van der Waals surface area contributed by atoms with Gasteiger partial charge in [0.05, 0.1) is 16.7 Å². The summed E-state index contributed by atoms with van der Waals surface area (Å²) in [5.41, 5.74) is -1.96. The van der Waals surface area contributed by atoms with E-state index >= 15 is 0 Å². The molecular weight excluding hydrogens is 386 g/mol. The molecule has 0 aromatic heterocycles. The summed E-state index contributed by atoms with van der Waals surface area (Å²) in [6.07, 6.45) is 0. The predicted molar refractivity (Wildman–Crippen MR) is 87.9 cm³/mol.